The van der Waals surface area contributed by atoms with Crippen LogP contribution < -0.4 is 10.0 Å². The SMILES string of the molecule is Cc1cc(NC(=O)C(C)N2CCC(NS(C)(=O)=O)CC2)on1. The van der Waals surface area contributed by atoms with Gasteiger partial charge in [0.05, 0.1) is 18.0 Å². The van der Waals surface area contributed by atoms with Gasteiger partial charge in [-0.15, -0.1) is 0 Å². The van der Waals surface area contributed by atoms with Crippen LogP contribution in [0.5, 0.6) is 0 Å². The Morgan fingerprint density at radius 1 is 1.45 bits per heavy atom. The Morgan fingerprint density at radius 2 is 2.09 bits per heavy atom. The number of piperidine rings is 1. The van der Waals surface area contributed by atoms with Gasteiger partial charge in [-0.2, -0.15) is 0 Å². The molecule has 22 heavy (non-hydrogen) atoms. The molecule has 1 atom stereocenters. The van der Waals surface area contributed by atoms with Crippen molar-refractivity contribution >= 4 is 21.8 Å². The van der Waals surface area contributed by atoms with E-state index in [-0.39, 0.29) is 18.0 Å². The van der Waals surface area contributed by atoms with Gasteiger partial charge in [0.25, 0.3) is 0 Å². The minimum absolute atomic E-state index is 0.0570. The fraction of sp³-hybridized carbons (Fsp3) is 0.692. The lowest BCUT2D eigenvalue weighted by atomic mass is 10.0. The van der Waals surface area contributed by atoms with Crippen LogP contribution in [0.4, 0.5) is 5.88 Å². The first-order chi connectivity index (χ1) is 10.2. The van der Waals surface area contributed by atoms with E-state index in [1.165, 1.54) is 0 Å². The molecule has 124 valence electrons. The molecule has 0 aliphatic carbocycles. The summed E-state index contributed by atoms with van der Waals surface area (Å²) in [6.07, 6.45) is 2.53. The zero-order valence-corrected chi connectivity index (χ0v) is 13.8. The maximum absolute atomic E-state index is 12.2. The van der Waals surface area contributed by atoms with E-state index in [1.54, 1.807) is 13.0 Å². The van der Waals surface area contributed by atoms with Gasteiger partial charge >= 0.3 is 0 Å². The van der Waals surface area contributed by atoms with Gasteiger partial charge in [0.15, 0.2) is 0 Å². The van der Waals surface area contributed by atoms with E-state index in [9.17, 15) is 13.2 Å². The Labute approximate surface area is 130 Å². The third-order valence-corrected chi connectivity index (χ3v) is 4.47. The molecule has 1 aromatic rings. The van der Waals surface area contributed by atoms with Crippen LogP contribution >= 0.6 is 0 Å². The van der Waals surface area contributed by atoms with Gasteiger partial charge in [-0.3, -0.25) is 15.0 Å². The average molecular weight is 330 g/mol. The average Bonchev–Trinajstić information content (AvgIpc) is 2.82. The number of amides is 1. The van der Waals surface area contributed by atoms with Crippen LogP contribution in [0.25, 0.3) is 0 Å². The number of hydrogen-bond acceptors (Lipinski definition) is 6. The second kappa shape index (κ2) is 6.76. The number of nitrogens with one attached hydrogen (secondary N) is 2. The monoisotopic (exact) mass is 330 g/mol. The maximum atomic E-state index is 12.2. The van der Waals surface area contributed by atoms with Crippen LogP contribution in [0.2, 0.25) is 0 Å². The molecule has 1 aliphatic heterocycles. The normalized spacial score (nSPS) is 19.0. The Hall–Kier alpha value is -1.45. The molecule has 0 aromatic carbocycles. The van der Waals surface area contributed by atoms with Gasteiger partial charge in [-0.25, -0.2) is 13.1 Å². The number of nitrogens with zero attached hydrogens (tertiary/aromatic N) is 2. The molecular formula is C13H22N4O4S. The summed E-state index contributed by atoms with van der Waals surface area (Å²) in [5, 5.41) is 6.41. The minimum Gasteiger partial charge on any atom is -0.338 e. The van der Waals surface area contributed by atoms with Crippen molar-refractivity contribution in [1.29, 1.82) is 0 Å². The van der Waals surface area contributed by atoms with Gasteiger partial charge in [-0.05, 0) is 26.7 Å². The molecule has 2 N–H and O–H groups in total. The summed E-state index contributed by atoms with van der Waals surface area (Å²) >= 11 is 0. The molecule has 0 bridgehead atoms. The highest BCUT2D eigenvalue weighted by atomic mass is 32.2. The quantitative estimate of drug-likeness (QED) is 0.806. The minimum atomic E-state index is -3.18. The standard InChI is InChI=1S/C13H22N4O4S/c1-9-8-12(21-15-9)14-13(18)10(2)17-6-4-11(5-7-17)16-22(3,19)20/h8,10-11,16H,4-7H2,1-3H3,(H,14,18). The van der Waals surface area contributed by atoms with Crippen LogP contribution in [-0.2, 0) is 14.8 Å². The fourth-order valence-corrected chi connectivity index (χ4v) is 3.36. The predicted octanol–water partition coefficient (Wildman–Crippen LogP) is 0.324. The van der Waals surface area contributed by atoms with Gasteiger partial charge in [0, 0.05) is 25.2 Å². The molecule has 2 heterocycles. The lowest BCUT2D eigenvalue weighted by Gasteiger charge is -2.35. The second-order valence-corrected chi connectivity index (χ2v) is 7.48. The third-order valence-electron chi connectivity index (χ3n) is 3.71. The van der Waals surface area contributed by atoms with Gasteiger partial charge in [0.2, 0.25) is 21.8 Å². The van der Waals surface area contributed by atoms with E-state index in [0.717, 1.165) is 6.26 Å². The van der Waals surface area contributed by atoms with Crippen molar-refractivity contribution in [3.05, 3.63) is 11.8 Å². The fourth-order valence-electron chi connectivity index (χ4n) is 2.52. The van der Waals surface area contributed by atoms with Gasteiger partial charge < -0.3 is 4.52 Å². The summed E-state index contributed by atoms with van der Waals surface area (Å²) in [7, 11) is -3.18. The molecule has 1 saturated heterocycles. The molecule has 1 aliphatic rings. The van der Waals surface area contributed by atoms with Gasteiger partial charge in [-0.1, -0.05) is 5.16 Å². The van der Waals surface area contributed by atoms with Crippen molar-refractivity contribution in [2.45, 2.75) is 38.8 Å². The molecular weight excluding hydrogens is 308 g/mol. The summed E-state index contributed by atoms with van der Waals surface area (Å²) in [4.78, 5) is 14.2. The lowest BCUT2D eigenvalue weighted by Crippen LogP contribution is -2.50. The highest BCUT2D eigenvalue weighted by Gasteiger charge is 2.28. The molecule has 2 rings (SSSR count). The summed E-state index contributed by atoms with van der Waals surface area (Å²) < 4.78 is 30.0. The van der Waals surface area contributed by atoms with Crippen molar-refractivity contribution in [1.82, 2.24) is 14.8 Å². The summed E-state index contributed by atoms with van der Waals surface area (Å²) in [6.45, 7) is 4.93. The van der Waals surface area contributed by atoms with Gasteiger partial charge in [0.1, 0.15) is 0 Å². The van der Waals surface area contributed by atoms with E-state index < -0.39 is 10.0 Å². The Morgan fingerprint density at radius 3 is 2.59 bits per heavy atom. The topological polar surface area (TPSA) is 105 Å². The molecule has 9 heteroatoms. The number of sulfonamides is 1. The van der Waals surface area contributed by atoms with Crippen LogP contribution in [-0.4, -0.2) is 55.8 Å². The predicted molar refractivity (Wildman–Crippen MR) is 81.9 cm³/mol. The number of aryl methyl sites for hydroxylation is 1. The Bertz CT molecular complexity index is 620. The molecule has 0 spiro atoms. The highest BCUT2D eigenvalue weighted by Crippen LogP contribution is 2.16. The molecule has 1 amide bonds. The smallest absolute Gasteiger partial charge is 0.243 e. The van der Waals surface area contributed by atoms with Crippen LogP contribution in [0, 0.1) is 6.92 Å². The molecule has 1 fully saturated rings. The number of likely N-dealkylation sites (tertiary alicyclic amines) is 1. The number of carbonyl (C=O) groups is 1. The van der Waals surface area contributed by atoms with Crippen LogP contribution in [0.15, 0.2) is 10.6 Å². The molecule has 8 nitrogen and oxygen atoms in total. The second-order valence-electron chi connectivity index (χ2n) is 5.70. The van der Waals surface area contributed by atoms with Crippen molar-refractivity contribution in [3.8, 4) is 0 Å². The zero-order chi connectivity index (χ0) is 16.3. The summed E-state index contributed by atoms with van der Waals surface area (Å²) in [6, 6.07) is 1.29. The number of hydrogen-bond donors (Lipinski definition) is 2. The Kier molecular flexibility index (Phi) is 5.20. The van der Waals surface area contributed by atoms with E-state index in [4.69, 9.17) is 4.52 Å². The van der Waals surface area contributed by atoms with Crippen molar-refractivity contribution in [3.63, 3.8) is 0 Å². The molecule has 0 radical (unpaired) electrons. The summed E-state index contributed by atoms with van der Waals surface area (Å²) in [5.41, 5.74) is 0.704. The van der Waals surface area contributed by atoms with Crippen LogP contribution in [0.1, 0.15) is 25.5 Å². The largest absolute Gasteiger partial charge is 0.338 e. The van der Waals surface area contributed by atoms with E-state index in [1.807, 2.05) is 11.8 Å². The van der Waals surface area contributed by atoms with Crippen molar-refractivity contribution in [2.75, 3.05) is 24.7 Å². The maximum Gasteiger partial charge on any atom is 0.243 e. The van der Waals surface area contributed by atoms with E-state index >= 15 is 0 Å². The Balaban J connectivity index is 1.84. The first-order valence-corrected chi connectivity index (χ1v) is 9.09. The van der Waals surface area contributed by atoms with Crippen molar-refractivity contribution < 1.29 is 17.7 Å². The zero-order valence-electron chi connectivity index (χ0n) is 13.0. The number of aromatic nitrogens is 1. The number of anilines is 1. The lowest BCUT2D eigenvalue weighted by molar-refractivity contribution is -0.121. The first-order valence-electron chi connectivity index (χ1n) is 7.20. The molecule has 1 aromatic heterocycles. The van der Waals surface area contributed by atoms with Crippen LogP contribution in [0.3, 0.4) is 0 Å². The van der Waals surface area contributed by atoms with Crippen molar-refractivity contribution in [2.24, 2.45) is 0 Å². The van der Waals surface area contributed by atoms with E-state index in [2.05, 4.69) is 15.2 Å². The number of rotatable bonds is 5. The third kappa shape index (κ3) is 4.79. The highest BCUT2D eigenvalue weighted by molar-refractivity contribution is 7.88. The summed E-state index contributed by atoms with van der Waals surface area (Å²) in [5.74, 6) is 0.175. The van der Waals surface area contributed by atoms with E-state index in [0.29, 0.717) is 37.5 Å². The molecule has 1 unspecified atom stereocenters. The number of carbonyl (C=O) groups excluding carboxylic acids is 1. The first kappa shape index (κ1) is 16.9. The molecule has 0 saturated carbocycles.